The van der Waals surface area contributed by atoms with Crippen molar-refractivity contribution in [3.05, 3.63) is 89.7 Å². The molecule has 0 atom stereocenters. The minimum atomic E-state index is -0.252. The van der Waals surface area contributed by atoms with Crippen LogP contribution in [-0.4, -0.2) is 16.8 Å². The molecule has 0 bridgehead atoms. The van der Waals surface area contributed by atoms with Gasteiger partial charge in [0.2, 0.25) is 0 Å². The van der Waals surface area contributed by atoms with Crippen LogP contribution in [0.5, 0.6) is 11.5 Å². The smallest absolute Gasteiger partial charge is 0.277 e. The van der Waals surface area contributed by atoms with E-state index in [1.807, 2.05) is 55.5 Å². The van der Waals surface area contributed by atoms with Crippen LogP contribution in [-0.2, 0) is 12.4 Å². The molecule has 0 saturated heterocycles. The molecule has 0 N–H and O–H groups in total. The van der Waals surface area contributed by atoms with E-state index in [4.69, 9.17) is 13.9 Å². The zero-order chi connectivity index (χ0) is 21.5. The molecule has 158 valence electrons. The first-order chi connectivity index (χ1) is 15.2. The van der Waals surface area contributed by atoms with Gasteiger partial charge in [0.05, 0.1) is 12.2 Å². The van der Waals surface area contributed by atoms with Crippen molar-refractivity contribution in [2.45, 2.75) is 24.5 Å². The highest BCUT2D eigenvalue weighted by atomic mass is 32.2. The van der Waals surface area contributed by atoms with Crippen LogP contribution in [0.4, 0.5) is 4.39 Å². The van der Waals surface area contributed by atoms with Gasteiger partial charge in [-0.2, -0.15) is 0 Å². The summed E-state index contributed by atoms with van der Waals surface area (Å²) in [7, 11) is 0. The summed E-state index contributed by atoms with van der Waals surface area (Å²) < 4.78 is 30.2. The molecule has 4 rings (SSSR count). The topological polar surface area (TPSA) is 57.4 Å². The summed E-state index contributed by atoms with van der Waals surface area (Å²) >= 11 is 1.47. The Morgan fingerprint density at radius 3 is 2.39 bits per heavy atom. The third-order valence-electron chi connectivity index (χ3n) is 4.43. The monoisotopic (exact) mass is 436 g/mol. The Morgan fingerprint density at radius 1 is 0.871 bits per heavy atom. The molecule has 3 aromatic carbocycles. The van der Waals surface area contributed by atoms with E-state index >= 15 is 0 Å². The molecule has 0 aliphatic heterocycles. The standard InChI is InChI=1S/C24H21FN2O3S/c1-2-28-22-6-4-3-5-21(22)23-26-27-24(30-23)31-16-18-9-13-20(14-10-18)29-15-17-7-11-19(25)12-8-17/h3-14H,2,15-16H2,1H3. The zero-order valence-electron chi connectivity index (χ0n) is 17.0. The maximum absolute atomic E-state index is 13.0. The van der Waals surface area contributed by atoms with Crippen molar-refractivity contribution in [1.29, 1.82) is 0 Å². The molecule has 0 saturated carbocycles. The van der Waals surface area contributed by atoms with Crippen molar-refractivity contribution in [3.63, 3.8) is 0 Å². The number of nitrogens with zero attached hydrogens (tertiary/aromatic N) is 2. The molecule has 4 aromatic rings. The van der Waals surface area contributed by atoms with Gasteiger partial charge in [0.25, 0.3) is 11.1 Å². The van der Waals surface area contributed by atoms with Gasteiger partial charge in [-0.05, 0) is 54.4 Å². The average Bonchev–Trinajstić information content (AvgIpc) is 3.27. The van der Waals surface area contributed by atoms with Crippen molar-refractivity contribution >= 4 is 11.8 Å². The van der Waals surface area contributed by atoms with Crippen LogP contribution in [0, 0.1) is 5.82 Å². The lowest BCUT2D eigenvalue weighted by molar-refractivity contribution is 0.306. The summed E-state index contributed by atoms with van der Waals surface area (Å²) in [6, 6.07) is 21.7. The van der Waals surface area contributed by atoms with Gasteiger partial charge in [-0.1, -0.05) is 48.2 Å². The third-order valence-corrected chi connectivity index (χ3v) is 5.32. The molecule has 7 heteroatoms. The summed E-state index contributed by atoms with van der Waals surface area (Å²) in [5, 5.41) is 8.79. The van der Waals surface area contributed by atoms with Crippen LogP contribution in [0.1, 0.15) is 18.1 Å². The Bertz CT molecular complexity index is 1110. The zero-order valence-corrected chi connectivity index (χ0v) is 17.8. The predicted octanol–water partition coefficient (Wildman–Crippen LogP) is 6.15. The van der Waals surface area contributed by atoms with Gasteiger partial charge >= 0.3 is 0 Å². The number of ether oxygens (including phenoxy) is 2. The summed E-state index contributed by atoms with van der Waals surface area (Å²) in [4.78, 5) is 0. The maximum Gasteiger partial charge on any atom is 0.277 e. The van der Waals surface area contributed by atoms with Gasteiger partial charge < -0.3 is 13.9 Å². The molecule has 5 nitrogen and oxygen atoms in total. The van der Waals surface area contributed by atoms with Crippen LogP contribution >= 0.6 is 11.8 Å². The largest absolute Gasteiger partial charge is 0.493 e. The number of halogens is 1. The molecule has 0 aliphatic rings. The van der Waals surface area contributed by atoms with Gasteiger partial charge in [0.1, 0.15) is 23.9 Å². The minimum Gasteiger partial charge on any atom is -0.493 e. The van der Waals surface area contributed by atoms with E-state index in [0.717, 1.165) is 28.2 Å². The highest BCUT2D eigenvalue weighted by Crippen LogP contribution is 2.31. The molecule has 0 spiro atoms. The Balaban J connectivity index is 1.32. The summed E-state index contributed by atoms with van der Waals surface area (Å²) in [6.07, 6.45) is 0. The molecular weight excluding hydrogens is 415 g/mol. The summed E-state index contributed by atoms with van der Waals surface area (Å²) in [6.45, 7) is 2.89. The van der Waals surface area contributed by atoms with Gasteiger partial charge in [-0.15, -0.1) is 10.2 Å². The first kappa shape index (κ1) is 20.9. The first-order valence-electron chi connectivity index (χ1n) is 9.86. The summed E-state index contributed by atoms with van der Waals surface area (Å²) in [5.74, 6) is 2.35. The quantitative estimate of drug-likeness (QED) is 0.294. The number of hydrogen-bond acceptors (Lipinski definition) is 6. The number of aromatic nitrogens is 2. The average molecular weight is 437 g/mol. The lowest BCUT2D eigenvalue weighted by atomic mass is 10.2. The van der Waals surface area contributed by atoms with Crippen LogP contribution < -0.4 is 9.47 Å². The molecule has 1 heterocycles. The molecule has 1 aromatic heterocycles. The van der Waals surface area contributed by atoms with Gasteiger partial charge in [0, 0.05) is 5.75 Å². The van der Waals surface area contributed by atoms with E-state index in [1.54, 1.807) is 12.1 Å². The van der Waals surface area contributed by atoms with E-state index in [2.05, 4.69) is 10.2 Å². The maximum atomic E-state index is 13.0. The van der Waals surface area contributed by atoms with Gasteiger partial charge in [-0.25, -0.2) is 4.39 Å². The number of hydrogen-bond donors (Lipinski definition) is 0. The van der Waals surface area contributed by atoms with Crippen molar-refractivity contribution in [2.24, 2.45) is 0 Å². The van der Waals surface area contributed by atoms with Crippen molar-refractivity contribution in [2.75, 3.05) is 6.61 Å². The fraction of sp³-hybridized carbons (Fsp3) is 0.167. The molecule has 0 fully saturated rings. The Kier molecular flexibility index (Phi) is 6.84. The fourth-order valence-corrected chi connectivity index (χ4v) is 3.59. The van der Waals surface area contributed by atoms with Crippen LogP contribution in [0.3, 0.4) is 0 Å². The van der Waals surface area contributed by atoms with Crippen LogP contribution in [0.15, 0.2) is 82.4 Å². The van der Waals surface area contributed by atoms with Gasteiger partial charge in [0.15, 0.2) is 0 Å². The summed E-state index contributed by atoms with van der Waals surface area (Å²) in [5.41, 5.74) is 2.80. The molecular formula is C24H21FN2O3S. The Morgan fingerprint density at radius 2 is 1.61 bits per heavy atom. The molecule has 0 radical (unpaired) electrons. The minimum absolute atomic E-state index is 0.252. The second-order valence-corrected chi connectivity index (χ2v) is 7.58. The Hall–Kier alpha value is -3.32. The predicted molar refractivity (Wildman–Crippen MR) is 118 cm³/mol. The molecule has 0 unspecified atom stereocenters. The lowest BCUT2D eigenvalue weighted by Crippen LogP contribution is -1.95. The van der Waals surface area contributed by atoms with Crippen molar-refractivity contribution < 1.29 is 18.3 Å². The first-order valence-corrected chi connectivity index (χ1v) is 10.8. The SMILES string of the molecule is CCOc1ccccc1-c1nnc(SCc2ccc(OCc3ccc(F)cc3)cc2)o1. The van der Waals surface area contributed by atoms with E-state index in [-0.39, 0.29) is 5.82 Å². The van der Waals surface area contributed by atoms with E-state index in [9.17, 15) is 4.39 Å². The lowest BCUT2D eigenvalue weighted by Gasteiger charge is -2.07. The molecule has 31 heavy (non-hydrogen) atoms. The van der Waals surface area contributed by atoms with E-state index in [0.29, 0.717) is 30.1 Å². The third kappa shape index (κ3) is 5.64. The second-order valence-electron chi connectivity index (χ2n) is 6.65. The normalized spacial score (nSPS) is 10.8. The van der Waals surface area contributed by atoms with E-state index < -0.39 is 0 Å². The number of para-hydroxylation sites is 1. The Labute approximate surface area is 184 Å². The van der Waals surface area contributed by atoms with Gasteiger partial charge in [-0.3, -0.25) is 0 Å². The van der Waals surface area contributed by atoms with E-state index in [1.165, 1.54) is 23.9 Å². The molecule has 0 amide bonds. The fourth-order valence-electron chi connectivity index (χ4n) is 2.88. The van der Waals surface area contributed by atoms with Crippen LogP contribution in [0.2, 0.25) is 0 Å². The van der Waals surface area contributed by atoms with Crippen LogP contribution in [0.25, 0.3) is 11.5 Å². The number of rotatable bonds is 9. The number of thioether (sulfide) groups is 1. The van der Waals surface area contributed by atoms with Crippen molar-refractivity contribution in [3.8, 4) is 23.0 Å². The number of benzene rings is 3. The highest BCUT2D eigenvalue weighted by molar-refractivity contribution is 7.98. The second kappa shape index (κ2) is 10.1. The molecule has 0 aliphatic carbocycles. The van der Waals surface area contributed by atoms with Crippen molar-refractivity contribution in [1.82, 2.24) is 10.2 Å². The highest BCUT2D eigenvalue weighted by Gasteiger charge is 2.13.